The van der Waals surface area contributed by atoms with Crippen molar-refractivity contribution in [2.75, 3.05) is 19.0 Å². The minimum absolute atomic E-state index is 0.253. The number of thioether (sulfide) groups is 1. The molecule has 33 heavy (non-hydrogen) atoms. The molecule has 1 heterocycles. The van der Waals surface area contributed by atoms with Gasteiger partial charge in [-0.15, -0.1) is 0 Å². The average molecular weight is 489 g/mol. The Balaban J connectivity index is 1.78. The number of hydrogen-bond acceptors (Lipinski definition) is 6. The quantitative estimate of drug-likeness (QED) is 0.382. The first-order chi connectivity index (χ1) is 15.7. The number of urea groups is 1. The Morgan fingerprint density at radius 1 is 1.21 bits per heavy atom. The largest absolute Gasteiger partial charge is 0.383 e. The number of imide groups is 1. The van der Waals surface area contributed by atoms with Gasteiger partial charge in [0, 0.05) is 17.8 Å². The van der Waals surface area contributed by atoms with Crippen LogP contribution in [-0.4, -0.2) is 40.5 Å². The molecule has 8 nitrogen and oxygen atoms in total. The first kappa shape index (κ1) is 24.8. The number of halogens is 1. The highest BCUT2D eigenvalue weighted by Gasteiger charge is 2.21. The van der Waals surface area contributed by atoms with Crippen molar-refractivity contribution in [3.05, 3.63) is 62.9 Å². The van der Waals surface area contributed by atoms with Crippen molar-refractivity contribution in [1.82, 2.24) is 14.9 Å². The average Bonchev–Trinajstić information content (AvgIpc) is 2.75. The molecule has 0 aliphatic carbocycles. The van der Waals surface area contributed by atoms with Crippen molar-refractivity contribution in [2.24, 2.45) is 0 Å². The SMILES string of the molecule is COCCn1c(SC(C)C(=O)NC(=O)Nc2ccc(C)cc2C)nc2cc(Cl)ccc2c1=O. The lowest BCUT2D eigenvalue weighted by Gasteiger charge is -2.16. The Kier molecular flexibility index (Phi) is 8.12. The maximum Gasteiger partial charge on any atom is 0.325 e. The molecule has 174 valence electrons. The Hall–Kier alpha value is -2.88. The molecule has 0 spiro atoms. The predicted molar refractivity (Wildman–Crippen MR) is 131 cm³/mol. The monoisotopic (exact) mass is 488 g/mol. The minimum Gasteiger partial charge on any atom is -0.383 e. The number of aryl methyl sites for hydroxylation is 2. The number of aromatic nitrogens is 2. The lowest BCUT2D eigenvalue weighted by atomic mass is 10.1. The second-order valence-corrected chi connectivity index (χ2v) is 9.27. The van der Waals surface area contributed by atoms with Crippen LogP contribution in [0.2, 0.25) is 5.02 Å². The molecule has 1 atom stereocenters. The van der Waals surface area contributed by atoms with Gasteiger partial charge >= 0.3 is 6.03 Å². The number of hydrogen-bond donors (Lipinski definition) is 2. The molecule has 3 amide bonds. The van der Waals surface area contributed by atoms with Gasteiger partial charge in [0.25, 0.3) is 5.56 Å². The van der Waals surface area contributed by atoms with E-state index in [1.54, 1.807) is 31.2 Å². The molecule has 3 aromatic rings. The number of ether oxygens (including phenoxy) is 1. The van der Waals surface area contributed by atoms with Crippen molar-refractivity contribution in [3.8, 4) is 0 Å². The molecule has 3 rings (SSSR count). The second kappa shape index (κ2) is 10.8. The molecule has 0 saturated heterocycles. The summed E-state index contributed by atoms with van der Waals surface area (Å²) in [7, 11) is 1.54. The number of carbonyl (C=O) groups is 2. The van der Waals surface area contributed by atoms with Crippen LogP contribution in [0.4, 0.5) is 10.5 Å². The first-order valence-corrected chi connectivity index (χ1v) is 11.5. The topological polar surface area (TPSA) is 102 Å². The van der Waals surface area contributed by atoms with E-state index in [1.165, 1.54) is 11.7 Å². The number of nitrogens with one attached hydrogen (secondary N) is 2. The van der Waals surface area contributed by atoms with E-state index in [-0.39, 0.29) is 12.1 Å². The van der Waals surface area contributed by atoms with Gasteiger partial charge in [-0.2, -0.15) is 0 Å². The minimum atomic E-state index is -0.702. The molecule has 0 aliphatic rings. The molecule has 0 bridgehead atoms. The van der Waals surface area contributed by atoms with E-state index in [2.05, 4.69) is 15.6 Å². The molecule has 2 aromatic carbocycles. The maximum absolute atomic E-state index is 13.0. The molecule has 2 N–H and O–H groups in total. The second-order valence-electron chi connectivity index (χ2n) is 7.53. The number of nitrogens with zero attached hydrogens (tertiary/aromatic N) is 2. The number of benzene rings is 2. The van der Waals surface area contributed by atoms with Crippen LogP contribution in [0.3, 0.4) is 0 Å². The third kappa shape index (κ3) is 6.13. The fraction of sp³-hybridized carbons (Fsp3) is 0.304. The highest BCUT2D eigenvalue weighted by Crippen LogP contribution is 2.24. The van der Waals surface area contributed by atoms with Gasteiger partial charge in [0.05, 0.1) is 29.3 Å². The zero-order valence-corrected chi connectivity index (χ0v) is 20.3. The summed E-state index contributed by atoms with van der Waals surface area (Å²) in [6.07, 6.45) is 0. The molecule has 0 fully saturated rings. The van der Waals surface area contributed by atoms with Crippen LogP contribution in [-0.2, 0) is 16.1 Å². The number of methoxy groups -OCH3 is 1. The van der Waals surface area contributed by atoms with Crippen molar-refractivity contribution in [1.29, 1.82) is 0 Å². The van der Waals surface area contributed by atoms with Gasteiger partial charge in [-0.3, -0.25) is 19.5 Å². The predicted octanol–water partition coefficient (Wildman–Crippen LogP) is 4.14. The lowest BCUT2D eigenvalue weighted by Crippen LogP contribution is -2.39. The van der Waals surface area contributed by atoms with Crippen LogP contribution in [0.15, 0.2) is 46.3 Å². The normalized spacial score (nSPS) is 11.9. The highest BCUT2D eigenvalue weighted by atomic mass is 35.5. The summed E-state index contributed by atoms with van der Waals surface area (Å²) in [6.45, 7) is 6.04. The zero-order chi connectivity index (χ0) is 24.1. The van der Waals surface area contributed by atoms with Crippen molar-refractivity contribution >= 4 is 51.9 Å². The molecule has 0 saturated carbocycles. The van der Waals surface area contributed by atoms with Gasteiger partial charge in [-0.25, -0.2) is 9.78 Å². The van der Waals surface area contributed by atoms with Gasteiger partial charge in [0.15, 0.2) is 5.16 Å². The van der Waals surface area contributed by atoms with Gasteiger partial charge in [-0.1, -0.05) is 41.1 Å². The summed E-state index contributed by atoms with van der Waals surface area (Å²) < 4.78 is 6.58. The van der Waals surface area contributed by atoms with Crippen LogP contribution in [0.5, 0.6) is 0 Å². The van der Waals surface area contributed by atoms with Crippen LogP contribution < -0.4 is 16.2 Å². The third-order valence-electron chi connectivity index (χ3n) is 4.92. The first-order valence-electron chi connectivity index (χ1n) is 10.2. The molecular weight excluding hydrogens is 464 g/mol. The van der Waals surface area contributed by atoms with Gasteiger partial charge in [-0.05, 0) is 50.6 Å². The van der Waals surface area contributed by atoms with E-state index >= 15 is 0 Å². The van der Waals surface area contributed by atoms with Gasteiger partial charge < -0.3 is 10.1 Å². The van der Waals surface area contributed by atoms with Gasteiger partial charge in [0.2, 0.25) is 5.91 Å². The number of anilines is 1. The Morgan fingerprint density at radius 2 is 1.97 bits per heavy atom. The van der Waals surface area contributed by atoms with E-state index in [0.717, 1.165) is 22.9 Å². The van der Waals surface area contributed by atoms with E-state index in [0.29, 0.717) is 33.4 Å². The molecule has 10 heteroatoms. The van der Waals surface area contributed by atoms with E-state index in [4.69, 9.17) is 16.3 Å². The van der Waals surface area contributed by atoms with E-state index < -0.39 is 17.2 Å². The van der Waals surface area contributed by atoms with Crippen LogP contribution >= 0.6 is 23.4 Å². The number of fused-ring (bicyclic) bond motifs is 1. The third-order valence-corrected chi connectivity index (χ3v) is 6.24. The Labute approximate surface area is 200 Å². The number of carbonyl (C=O) groups excluding carboxylic acids is 2. The zero-order valence-electron chi connectivity index (χ0n) is 18.8. The fourth-order valence-electron chi connectivity index (χ4n) is 3.18. The molecule has 1 aromatic heterocycles. The molecule has 1 unspecified atom stereocenters. The van der Waals surface area contributed by atoms with E-state index in [1.807, 2.05) is 26.0 Å². The van der Waals surface area contributed by atoms with Crippen molar-refractivity contribution in [2.45, 2.75) is 37.7 Å². The van der Waals surface area contributed by atoms with Crippen molar-refractivity contribution in [3.63, 3.8) is 0 Å². The summed E-state index contributed by atoms with van der Waals surface area (Å²) in [5.74, 6) is -0.513. The summed E-state index contributed by atoms with van der Waals surface area (Å²) in [5.41, 5.74) is 2.76. The van der Waals surface area contributed by atoms with Crippen molar-refractivity contribution < 1.29 is 14.3 Å². The molecule has 0 aliphatic heterocycles. The summed E-state index contributed by atoms with van der Waals surface area (Å²) >= 11 is 7.14. The standard InChI is InChI=1S/C23H25ClN4O4S/c1-13-5-8-18(14(2)11-13)25-22(31)27-20(29)15(3)33-23-26-19-12-16(24)6-7-17(19)21(30)28(23)9-10-32-4/h5-8,11-12,15H,9-10H2,1-4H3,(H2,25,27,29,31). The lowest BCUT2D eigenvalue weighted by molar-refractivity contribution is -0.119. The smallest absolute Gasteiger partial charge is 0.325 e. The molecule has 0 radical (unpaired) electrons. The van der Waals surface area contributed by atoms with Crippen LogP contribution in [0.1, 0.15) is 18.1 Å². The summed E-state index contributed by atoms with van der Waals surface area (Å²) in [6, 6.07) is 9.82. The summed E-state index contributed by atoms with van der Waals surface area (Å²) in [5, 5.41) is 5.54. The number of amides is 3. The van der Waals surface area contributed by atoms with Gasteiger partial charge in [0.1, 0.15) is 0 Å². The Morgan fingerprint density at radius 3 is 2.67 bits per heavy atom. The fourth-order valence-corrected chi connectivity index (χ4v) is 4.28. The highest BCUT2D eigenvalue weighted by molar-refractivity contribution is 8.00. The Bertz CT molecular complexity index is 1260. The maximum atomic E-state index is 13.0. The van der Waals surface area contributed by atoms with E-state index in [9.17, 15) is 14.4 Å². The number of rotatable bonds is 7. The summed E-state index contributed by atoms with van der Waals surface area (Å²) in [4.78, 5) is 42.5. The van der Waals surface area contributed by atoms with Crippen LogP contribution in [0.25, 0.3) is 10.9 Å². The molecular formula is C23H25ClN4O4S. The van der Waals surface area contributed by atoms with Crippen LogP contribution in [0, 0.1) is 13.8 Å².